The van der Waals surface area contributed by atoms with Crippen LogP contribution in [0.1, 0.15) is 18.4 Å². The third-order valence-corrected chi connectivity index (χ3v) is 5.04. The highest BCUT2D eigenvalue weighted by Gasteiger charge is 2.27. The minimum Gasteiger partial charge on any atom is -0.340 e. The molecule has 148 valence electrons. The van der Waals surface area contributed by atoms with Crippen LogP contribution in [0.2, 0.25) is 0 Å². The maximum atomic E-state index is 13.0. The topological polar surface area (TPSA) is 52.7 Å². The summed E-state index contributed by atoms with van der Waals surface area (Å²) in [4.78, 5) is 28.8. The Kier molecular flexibility index (Phi) is 6.76. The zero-order valence-electron chi connectivity index (χ0n) is 16.1. The highest BCUT2D eigenvalue weighted by molar-refractivity contribution is 5.92. The number of anilines is 1. The van der Waals surface area contributed by atoms with Gasteiger partial charge in [0.25, 0.3) is 0 Å². The summed E-state index contributed by atoms with van der Waals surface area (Å²) in [6.07, 6.45) is 1.72. The Labute approximate surface area is 165 Å². The van der Waals surface area contributed by atoms with Crippen LogP contribution in [0, 0.1) is 11.7 Å². The summed E-state index contributed by atoms with van der Waals surface area (Å²) in [5, 5.41) is 2.95. The molecule has 0 unspecified atom stereocenters. The van der Waals surface area contributed by atoms with E-state index in [-0.39, 0.29) is 30.1 Å². The molecule has 2 amide bonds. The molecule has 0 bridgehead atoms. The average molecular weight is 383 g/mol. The van der Waals surface area contributed by atoms with Crippen LogP contribution in [0.5, 0.6) is 0 Å². The molecule has 5 nitrogen and oxygen atoms in total. The molecule has 3 rings (SSSR count). The molecule has 1 fully saturated rings. The van der Waals surface area contributed by atoms with Crippen LogP contribution in [0.3, 0.4) is 0 Å². The molecule has 1 heterocycles. The lowest BCUT2D eigenvalue weighted by atomic mass is 9.97. The maximum Gasteiger partial charge on any atom is 0.236 e. The van der Waals surface area contributed by atoms with Gasteiger partial charge < -0.3 is 10.2 Å². The van der Waals surface area contributed by atoms with Crippen molar-refractivity contribution in [1.29, 1.82) is 0 Å². The number of hydrogen-bond donors (Lipinski definition) is 1. The SMILES string of the molecule is CN(Cc1ccc(F)cc1)C(=O)CN1CCC[C@@H](C(=O)Nc2ccccc2)C1. The normalized spacial score (nSPS) is 17.1. The lowest BCUT2D eigenvalue weighted by Crippen LogP contribution is -2.45. The molecule has 2 aromatic rings. The van der Waals surface area contributed by atoms with Crippen LogP contribution in [0.15, 0.2) is 54.6 Å². The van der Waals surface area contributed by atoms with Gasteiger partial charge in [0.1, 0.15) is 5.82 Å². The van der Waals surface area contributed by atoms with Crippen molar-refractivity contribution < 1.29 is 14.0 Å². The van der Waals surface area contributed by atoms with Crippen LogP contribution in [0.25, 0.3) is 0 Å². The van der Waals surface area contributed by atoms with E-state index in [1.54, 1.807) is 24.1 Å². The molecule has 0 aromatic heterocycles. The first-order valence-electron chi connectivity index (χ1n) is 9.58. The largest absolute Gasteiger partial charge is 0.340 e. The van der Waals surface area contributed by atoms with E-state index in [1.165, 1.54) is 12.1 Å². The van der Waals surface area contributed by atoms with Gasteiger partial charge in [-0.1, -0.05) is 30.3 Å². The lowest BCUT2D eigenvalue weighted by Gasteiger charge is -2.32. The van der Waals surface area contributed by atoms with Gasteiger partial charge in [0.15, 0.2) is 0 Å². The molecule has 0 aliphatic carbocycles. The van der Waals surface area contributed by atoms with Gasteiger partial charge in [0.2, 0.25) is 11.8 Å². The van der Waals surface area contributed by atoms with Gasteiger partial charge in [0, 0.05) is 25.8 Å². The second-order valence-corrected chi connectivity index (χ2v) is 7.31. The molecule has 28 heavy (non-hydrogen) atoms. The highest BCUT2D eigenvalue weighted by atomic mass is 19.1. The number of likely N-dealkylation sites (N-methyl/N-ethyl adjacent to an activating group) is 1. The van der Waals surface area contributed by atoms with Crippen molar-refractivity contribution in [3.8, 4) is 0 Å². The molecule has 0 saturated carbocycles. The van der Waals surface area contributed by atoms with E-state index < -0.39 is 0 Å². The number of benzene rings is 2. The van der Waals surface area contributed by atoms with E-state index in [0.29, 0.717) is 13.1 Å². The Hall–Kier alpha value is -2.73. The van der Waals surface area contributed by atoms with Gasteiger partial charge >= 0.3 is 0 Å². The fourth-order valence-corrected chi connectivity index (χ4v) is 3.44. The van der Waals surface area contributed by atoms with Crippen molar-refractivity contribution in [3.63, 3.8) is 0 Å². The number of hydrogen-bond acceptors (Lipinski definition) is 3. The van der Waals surface area contributed by atoms with Crippen LogP contribution < -0.4 is 5.32 Å². The van der Waals surface area contributed by atoms with Crippen LogP contribution in [-0.2, 0) is 16.1 Å². The number of rotatable bonds is 6. The van der Waals surface area contributed by atoms with E-state index in [0.717, 1.165) is 30.6 Å². The summed E-state index contributed by atoms with van der Waals surface area (Å²) in [5.74, 6) is -0.411. The highest BCUT2D eigenvalue weighted by Crippen LogP contribution is 2.19. The van der Waals surface area contributed by atoms with Crippen molar-refractivity contribution in [2.45, 2.75) is 19.4 Å². The molecule has 1 atom stereocenters. The maximum absolute atomic E-state index is 13.0. The lowest BCUT2D eigenvalue weighted by molar-refractivity contribution is -0.133. The van der Waals surface area contributed by atoms with E-state index >= 15 is 0 Å². The minimum absolute atomic E-state index is 0.00279. The summed E-state index contributed by atoms with van der Waals surface area (Å²) >= 11 is 0. The van der Waals surface area contributed by atoms with Crippen LogP contribution >= 0.6 is 0 Å². The number of nitrogens with zero attached hydrogens (tertiary/aromatic N) is 2. The first-order chi connectivity index (χ1) is 13.5. The fraction of sp³-hybridized carbons (Fsp3) is 0.364. The van der Waals surface area contributed by atoms with Gasteiger partial charge in [-0.2, -0.15) is 0 Å². The average Bonchev–Trinajstić information content (AvgIpc) is 2.70. The quantitative estimate of drug-likeness (QED) is 0.834. The second-order valence-electron chi connectivity index (χ2n) is 7.31. The Bertz CT molecular complexity index is 795. The minimum atomic E-state index is -0.286. The molecule has 2 aromatic carbocycles. The number of amides is 2. The molecular weight excluding hydrogens is 357 g/mol. The number of piperidine rings is 1. The molecule has 1 aliphatic heterocycles. The van der Waals surface area contributed by atoms with Gasteiger partial charge in [-0.25, -0.2) is 4.39 Å². The molecule has 0 radical (unpaired) electrons. The third-order valence-electron chi connectivity index (χ3n) is 5.04. The second kappa shape index (κ2) is 9.46. The Morgan fingerprint density at radius 2 is 1.86 bits per heavy atom. The Morgan fingerprint density at radius 1 is 1.14 bits per heavy atom. The molecule has 1 saturated heterocycles. The molecular formula is C22H26FN3O2. The number of para-hydroxylation sites is 1. The smallest absolute Gasteiger partial charge is 0.236 e. The summed E-state index contributed by atoms with van der Waals surface area (Å²) in [6, 6.07) is 15.6. The Morgan fingerprint density at radius 3 is 2.57 bits per heavy atom. The molecule has 0 spiro atoms. The van der Waals surface area contributed by atoms with Gasteiger partial charge in [-0.3, -0.25) is 14.5 Å². The summed E-state index contributed by atoms with van der Waals surface area (Å²) < 4.78 is 13.0. The van der Waals surface area contributed by atoms with E-state index in [4.69, 9.17) is 0 Å². The summed E-state index contributed by atoms with van der Waals surface area (Å²) in [6.45, 7) is 2.11. The molecule has 1 aliphatic rings. The Balaban J connectivity index is 1.50. The van der Waals surface area contributed by atoms with E-state index in [9.17, 15) is 14.0 Å². The van der Waals surface area contributed by atoms with Gasteiger partial charge in [-0.05, 0) is 49.2 Å². The third kappa shape index (κ3) is 5.63. The predicted octanol–water partition coefficient (Wildman–Crippen LogP) is 3.13. The number of carbonyl (C=O) groups is 2. The first-order valence-corrected chi connectivity index (χ1v) is 9.58. The first kappa shape index (κ1) is 20.0. The zero-order chi connectivity index (χ0) is 19.9. The summed E-state index contributed by atoms with van der Waals surface area (Å²) in [7, 11) is 1.75. The zero-order valence-corrected chi connectivity index (χ0v) is 16.1. The standard InChI is InChI=1S/C22H26FN3O2/c1-25(14-17-9-11-19(23)12-10-17)21(27)16-26-13-5-6-18(15-26)22(28)24-20-7-3-2-4-8-20/h2-4,7-12,18H,5-6,13-16H2,1H3,(H,24,28)/t18-/m1/s1. The van der Waals surface area contributed by atoms with Crippen LogP contribution in [0.4, 0.5) is 10.1 Å². The van der Waals surface area contributed by atoms with Crippen molar-refractivity contribution in [2.75, 3.05) is 32.0 Å². The number of carbonyl (C=O) groups excluding carboxylic acids is 2. The van der Waals surface area contributed by atoms with Crippen molar-refractivity contribution >= 4 is 17.5 Å². The fourth-order valence-electron chi connectivity index (χ4n) is 3.44. The van der Waals surface area contributed by atoms with Crippen LogP contribution in [-0.4, -0.2) is 48.3 Å². The van der Waals surface area contributed by atoms with E-state index in [2.05, 4.69) is 5.32 Å². The van der Waals surface area contributed by atoms with Gasteiger partial charge in [-0.15, -0.1) is 0 Å². The predicted molar refractivity (Wildman–Crippen MR) is 107 cm³/mol. The number of nitrogens with one attached hydrogen (secondary N) is 1. The number of likely N-dealkylation sites (tertiary alicyclic amines) is 1. The monoisotopic (exact) mass is 383 g/mol. The van der Waals surface area contributed by atoms with E-state index in [1.807, 2.05) is 35.2 Å². The molecule has 1 N–H and O–H groups in total. The number of halogens is 1. The van der Waals surface area contributed by atoms with Gasteiger partial charge in [0.05, 0.1) is 12.5 Å². The van der Waals surface area contributed by atoms with Crippen molar-refractivity contribution in [1.82, 2.24) is 9.80 Å². The van der Waals surface area contributed by atoms with Crippen molar-refractivity contribution in [2.24, 2.45) is 5.92 Å². The van der Waals surface area contributed by atoms with Crippen molar-refractivity contribution in [3.05, 3.63) is 66.0 Å². The summed E-state index contributed by atoms with van der Waals surface area (Å²) in [5.41, 5.74) is 1.68. The molecule has 6 heteroatoms.